The van der Waals surface area contributed by atoms with Crippen LogP contribution < -0.4 is 0 Å². The monoisotopic (exact) mass is 270 g/mol. The first kappa shape index (κ1) is 12.4. The van der Waals surface area contributed by atoms with E-state index in [0.717, 1.165) is 11.8 Å². The third-order valence-corrected chi connectivity index (χ3v) is 6.35. The van der Waals surface area contributed by atoms with Crippen molar-refractivity contribution in [3.05, 3.63) is 35.9 Å². The molecule has 4 fully saturated rings. The zero-order valence-electron chi connectivity index (χ0n) is 11.8. The fraction of sp³-hybridized carbons (Fsp3) is 0.611. The summed E-state index contributed by atoms with van der Waals surface area (Å²) in [5.74, 6) is 2.32. The highest BCUT2D eigenvalue weighted by Crippen LogP contribution is 2.64. The summed E-state index contributed by atoms with van der Waals surface area (Å²) in [4.78, 5) is 11.6. The Balaban J connectivity index is 1.81. The quantitative estimate of drug-likeness (QED) is 0.905. The van der Waals surface area contributed by atoms with Crippen LogP contribution >= 0.6 is 0 Å². The van der Waals surface area contributed by atoms with Crippen LogP contribution in [0.4, 0.5) is 0 Å². The van der Waals surface area contributed by atoms with Crippen molar-refractivity contribution in [2.45, 2.75) is 43.9 Å². The van der Waals surface area contributed by atoms with Gasteiger partial charge in [-0.05, 0) is 61.3 Å². The largest absolute Gasteiger partial charge is 0.481 e. The predicted octanol–water partition coefficient (Wildman–Crippen LogP) is 3.86. The Morgan fingerprint density at radius 3 is 2.05 bits per heavy atom. The lowest BCUT2D eigenvalue weighted by molar-refractivity contribution is -0.144. The molecule has 4 aliphatic rings. The molecule has 0 aromatic heterocycles. The van der Waals surface area contributed by atoms with Crippen molar-refractivity contribution in [2.75, 3.05) is 0 Å². The molecule has 1 aromatic rings. The molecular weight excluding hydrogens is 248 g/mol. The van der Waals surface area contributed by atoms with E-state index >= 15 is 0 Å². The molecule has 1 N–H and O–H groups in total. The van der Waals surface area contributed by atoms with Gasteiger partial charge in [0.2, 0.25) is 0 Å². The number of rotatable bonds is 3. The van der Waals surface area contributed by atoms with E-state index in [0.29, 0.717) is 18.3 Å². The third kappa shape index (κ3) is 1.66. The Labute approximate surface area is 120 Å². The number of carboxylic acid groups (broad SMARTS) is 1. The first-order valence-electron chi connectivity index (χ1n) is 7.96. The summed E-state index contributed by atoms with van der Waals surface area (Å²) in [6, 6.07) is 10.5. The second-order valence-electron chi connectivity index (χ2n) is 7.28. The molecule has 0 aliphatic heterocycles. The van der Waals surface area contributed by atoms with Crippen LogP contribution in [0.3, 0.4) is 0 Å². The normalized spacial score (nSPS) is 41.8. The van der Waals surface area contributed by atoms with Crippen molar-refractivity contribution in [2.24, 2.45) is 23.7 Å². The molecule has 1 aromatic carbocycles. The first-order chi connectivity index (χ1) is 9.68. The molecule has 0 spiro atoms. The topological polar surface area (TPSA) is 37.3 Å². The fourth-order valence-corrected chi connectivity index (χ4v) is 5.89. The molecule has 0 unspecified atom stereocenters. The zero-order chi connectivity index (χ0) is 13.7. The molecule has 0 radical (unpaired) electrons. The zero-order valence-corrected chi connectivity index (χ0v) is 11.8. The number of carboxylic acids is 1. The summed E-state index contributed by atoms with van der Waals surface area (Å²) in [6.45, 7) is 0. The van der Waals surface area contributed by atoms with Gasteiger partial charge in [0.1, 0.15) is 0 Å². The average Bonchev–Trinajstić information content (AvgIpc) is 2.43. The van der Waals surface area contributed by atoms with Crippen LogP contribution in [0.5, 0.6) is 0 Å². The maximum absolute atomic E-state index is 11.6. The summed E-state index contributed by atoms with van der Waals surface area (Å²) < 4.78 is 0. The van der Waals surface area contributed by atoms with E-state index in [4.69, 9.17) is 0 Å². The van der Waals surface area contributed by atoms with Crippen LogP contribution in [0.1, 0.15) is 44.1 Å². The van der Waals surface area contributed by atoms with Crippen molar-refractivity contribution < 1.29 is 9.90 Å². The number of hydrogen-bond acceptors (Lipinski definition) is 1. The number of hydrogen-bond donors (Lipinski definition) is 1. The van der Waals surface area contributed by atoms with Crippen molar-refractivity contribution >= 4 is 5.97 Å². The van der Waals surface area contributed by atoms with Crippen LogP contribution in [0.15, 0.2) is 30.3 Å². The molecule has 5 rings (SSSR count). The second-order valence-corrected chi connectivity index (χ2v) is 7.28. The average molecular weight is 270 g/mol. The smallest absolute Gasteiger partial charge is 0.304 e. The lowest BCUT2D eigenvalue weighted by Crippen LogP contribution is -2.56. The lowest BCUT2D eigenvalue weighted by Gasteiger charge is -2.61. The van der Waals surface area contributed by atoms with E-state index in [1.165, 1.54) is 37.7 Å². The maximum Gasteiger partial charge on any atom is 0.304 e. The summed E-state index contributed by atoms with van der Waals surface area (Å²) in [6.07, 6.45) is 6.77. The van der Waals surface area contributed by atoms with E-state index in [9.17, 15) is 9.90 Å². The van der Waals surface area contributed by atoms with E-state index in [2.05, 4.69) is 24.3 Å². The SMILES string of the molecule is O=C(O)CC1(c2ccccc2)C2CC3CC(C2)CC1C3. The minimum Gasteiger partial charge on any atom is -0.481 e. The molecule has 20 heavy (non-hydrogen) atoms. The summed E-state index contributed by atoms with van der Waals surface area (Å²) >= 11 is 0. The molecule has 0 atom stereocenters. The van der Waals surface area contributed by atoms with Crippen molar-refractivity contribution in [3.8, 4) is 0 Å². The van der Waals surface area contributed by atoms with Gasteiger partial charge >= 0.3 is 5.97 Å². The number of aliphatic carboxylic acids is 1. The molecule has 4 bridgehead atoms. The first-order valence-corrected chi connectivity index (χ1v) is 7.96. The Hall–Kier alpha value is -1.31. The minimum atomic E-state index is -0.624. The molecule has 0 heterocycles. The van der Waals surface area contributed by atoms with Crippen LogP contribution in [-0.4, -0.2) is 11.1 Å². The molecule has 0 amide bonds. The molecule has 2 nitrogen and oxygen atoms in total. The number of carbonyl (C=O) groups is 1. The van der Waals surface area contributed by atoms with Gasteiger partial charge in [-0.1, -0.05) is 30.3 Å². The van der Waals surface area contributed by atoms with E-state index in [1.807, 2.05) is 6.07 Å². The Morgan fingerprint density at radius 2 is 1.55 bits per heavy atom. The van der Waals surface area contributed by atoms with Gasteiger partial charge in [-0.3, -0.25) is 4.79 Å². The van der Waals surface area contributed by atoms with Crippen molar-refractivity contribution in [3.63, 3.8) is 0 Å². The fourth-order valence-electron chi connectivity index (χ4n) is 5.89. The van der Waals surface area contributed by atoms with E-state index < -0.39 is 5.97 Å². The van der Waals surface area contributed by atoms with Gasteiger partial charge in [-0.25, -0.2) is 0 Å². The summed E-state index contributed by atoms with van der Waals surface area (Å²) in [5.41, 5.74) is 1.21. The number of benzene rings is 1. The Morgan fingerprint density at radius 1 is 1.00 bits per heavy atom. The van der Waals surface area contributed by atoms with Crippen molar-refractivity contribution in [1.29, 1.82) is 0 Å². The van der Waals surface area contributed by atoms with Gasteiger partial charge in [0, 0.05) is 5.41 Å². The second kappa shape index (κ2) is 4.34. The molecule has 0 saturated heterocycles. The van der Waals surface area contributed by atoms with E-state index in [-0.39, 0.29) is 5.41 Å². The summed E-state index contributed by atoms with van der Waals surface area (Å²) in [7, 11) is 0. The highest BCUT2D eigenvalue weighted by Gasteiger charge is 2.58. The van der Waals surface area contributed by atoms with Crippen LogP contribution in [0, 0.1) is 23.7 Å². The summed E-state index contributed by atoms with van der Waals surface area (Å²) in [5, 5.41) is 9.52. The molecule has 4 saturated carbocycles. The van der Waals surface area contributed by atoms with Gasteiger partial charge < -0.3 is 5.11 Å². The highest BCUT2D eigenvalue weighted by atomic mass is 16.4. The van der Waals surface area contributed by atoms with Crippen LogP contribution in [0.25, 0.3) is 0 Å². The predicted molar refractivity (Wildman–Crippen MR) is 77.4 cm³/mol. The van der Waals surface area contributed by atoms with Crippen LogP contribution in [-0.2, 0) is 10.2 Å². The van der Waals surface area contributed by atoms with Gasteiger partial charge in [0.15, 0.2) is 0 Å². The van der Waals surface area contributed by atoms with Gasteiger partial charge in [-0.2, -0.15) is 0 Å². The molecular formula is C18H22O2. The molecule has 4 aliphatic carbocycles. The minimum absolute atomic E-state index is 0.0828. The van der Waals surface area contributed by atoms with Crippen molar-refractivity contribution in [1.82, 2.24) is 0 Å². The lowest BCUT2D eigenvalue weighted by atomic mass is 9.43. The van der Waals surface area contributed by atoms with Crippen LogP contribution in [0.2, 0.25) is 0 Å². The maximum atomic E-state index is 11.6. The van der Waals surface area contributed by atoms with Gasteiger partial charge in [-0.15, -0.1) is 0 Å². The molecule has 2 heteroatoms. The Bertz CT molecular complexity index is 491. The molecule has 106 valence electrons. The van der Waals surface area contributed by atoms with Gasteiger partial charge in [0.25, 0.3) is 0 Å². The standard InChI is InChI=1S/C18H22O2/c19-17(20)11-18(14-4-2-1-3-5-14)15-7-12-6-13(9-15)10-16(18)8-12/h1-5,12-13,15-16H,6-11H2,(H,19,20). The van der Waals surface area contributed by atoms with Gasteiger partial charge in [0.05, 0.1) is 6.42 Å². The Kier molecular flexibility index (Phi) is 2.70. The van der Waals surface area contributed by atoms with E-state index in [1.54, 1.807) is 0 Å². The third-order valence-electron chi connectivity index (χ3n) is 6.35. The highest BCUT2D eigenvalue weighted by molar-refractivity contribution is 5.69.